The Hall–Kier alpha value is -3.25. The Balaban J connectivity index is 1.66. The summed E-state index contributed by atoms with van der Waals surface area (Å²) >= 11 is 6.28. The van der Waals surface area contributed by atoms with Crippen molar-refractivity contribution in [2.45, 2.75) is 20.3 Å². The fourth-order valence-corrected chi connectivity index (χ4v) is 3.48. The van der Waals surface area contributed by atoms with Crippen LogP contribution in [0.3, 0.4) is 0 Å². The molecule has 28 heavy (non-hydrogen) atoms. The predicted molar refractivity (Wildman–Crippen MR) is 110 cm³/mol. The Kier molecular flexibility index (Phi) is 3.87. The minimum Gasteiger partial charge on any atom is -0.265 e. The van der Waals surface area contributed by atoms with E-state index in [1.807, 2.05) is 29.5 Å². The third-order valence-corrected chi connectivity index (χ3v) is 5.40. The van der Waals surface area contributed by atoms with Gasteiger partial charge in [-0.25, -0.2) is 9.67 Å². The number of rotatable bonds is 3. The predicted octanol–water partition coefficient (Wildman–Crippen LogP) is 4.65. The standard InChI is InChI=1S/C21H17ClN6/c1-3-14-5-7-15(8-6-14)19-25-26-21-17-11-24-28(20(17)23-12-27(19)21)16-9-4-13(2)18(22)10-16/h4-12H,3H2,1-2H3. The molecular formula is C21H17ClN6. The van der Waals surface area contributed by atoms with E-state index in [4.69, 9.17) is 11.6 Å². The monoisotopic (exact) mass is 388 g/mol. The quantitative estimate of drug-likeness (QED) is 0.451. The highest BCUT2D eigenvalue weighted by molar-refractivity contribution is 6.31. The van der Waals surface area contributed by atoms with E-state index in [0.29, 0.717) is 10.7 Å². The van der Waals surface area contributed by atoms with Crippen LogP contribution >= 0.6 is 11.6 Å². The van der Waals surface area contributed by atoms with Crippen LogP contribution in [0.15, 0.2) is 55.0 Å². The third kappa shape index (κ3) is 2.57. The van der Waals surface area contributed by atoms with Crippen molar-refractivity contribution in [3.63, 3.8) is 0 Å². The Morgan fingerprint density at radius 3 is 2.57 bits per heavy atom. The lowest BCUT2D eigenvalue weighted by molar-refractivity contribution is 0.893. The molecule has 5 rings (SSSR count). The lowest BCUT2D eigenvalue weighted by atomic mass is 10.1. The summed E-state index contributed by atoms with van der Waals surface area (Å²) in [5.74, 6) is 0.762. The van der Waals surface area contributed by atoms with Crippen molar-refractivity contribution in [1.82, 2.24) is 29.4 Å². The molecule has 6 nitrogen and oxygen atoms in total. The largest absolute Gasteiger partial charge is 0.265 e. The number of aryl methyl sites for hydroxylation is 2. The van der Waals surface area contributed by atoms with Crippen LogP contribution in [-0.4, -0.2) is 29.4 Å². The first-order valence-corrected chi connectivity index (χ1v) is 9.47. The highest BCUT2D eigenvalue weighted by atomic mass is 35.5. The molecule has 0 saturated carbocycles. The molecule has 138 valence electrons. The second kappa shape index (κ2) is 6.42. The van der Waals surface area contributed by atoms with Crippen LogP contribution in [0.25, 0.3) is 33.8 Å². The van der Waals surface area contributed by atoms with E-state index < -0.39 is 0 Å². The van der Waals surface area contributed by atoms with Crippen LogP contribution in [-0.2, 0) is 6.42 Å². The maximum Gasteiger partial charge on any atom is 0.175 e. The van der Waals surface area contributed by atoms with Crippen LogP contribution < -0.4 is 0 Å². The highest BCUT2D eigenvalue weighted by Gasteiger charge is 2.15. The summed E-state index contributed by atoms with van der Waals surface area (Å²) in [5, 5.41) is 14.8. The first kappa shape index (κ1) is 16.9. The van der Waals surface area contributed by atoms with Gasteiger partial charge in [-0.1, -0.05) is 48.9 Å². The zero-order chi connectivity index (χ0) is 19.3. The molecule has 0 aliphatic rings. The summed E-state index contributed by atoms with van der Waals surface area (Å²) in [7, 11) is 0. The van der Waals surface area contributed by atoms with Gasteiger partial charge in [-0.2, -0.15) is 5.10 Å². The molecule has 0 amide bonds. The molecule has 3 aromatic heterocycles. The second-order valence-corrected chi connectivity index (χ2v) is 7.15. The van der Waals surface area contributed by atoms with Gasteiger partial charge in [0, 0.05) is 10.6 Å². The maximum absolute atomic E-state index is 6.28. The Labute approximate surface area is 166 Å². The van der Waals surface area contributed by atoms with Gasteiger partial charge >= 0.3 is 0 Å². The molecule has 3 heterocycles. The zero-order valence-corrected chi connectivity index (χ0v) is 16.2. The van der Waals surface area contributed by atoms with E-state index in [9.17, 15) is 0 Å². The molecule has 0 bridgehead atoms. The Bertz CT molecular complexity index is 1320. The third-order valence-electron chi connectivity index (χ3n) is 5.00. The van der Waals surface area contributed by atoms with Crippen molar-refractivity contribution in [1.29, 1.82) is 0 Å². The summed E-state index contributed by atoms with van der Waals surface area (Å²) in [6.45, 7) is 4.11. The molecule has 0 N–H and O–H groups in total. The molecule has 0 aliphatic heterocycles. The van der Waals surface area contributed by atoms with Crippen LogP contribution in [0.1, 0.15) is 18.1 Å². The number of nitrogens with zero attached hydrogens (tertiary/aromatic N) is 6. The summed E-state index contributed by atoms with van der Waals surface area (Å²) in [6, 6.07) is 14.2. The maximum atomic E-state index is 6.28. The highest BCUT2D eigenvalue weighted by Crippen LogP contribution is 2.26. The zero-order valence-electron chi connectivity index (χ0n) is 15.5. The van der Waals surface area contributed by atoms with E-state index >= 15 is 0 Å². The summed E-state index contributed by atoms with van der Waals surface area (Å²) in [5.41, 5.74) is 5.61. The van der Waals surface area contributed by atoms with Crippen molar-refractivity contribution >= 4 is 28.3 Å². The molecule has 0 radical (unpaired) electrons. The summed E-state index contributed by atoms with van der Waals surface area (Å²) in [4.78, 5) is 4.63. The van der Waals surface area contributed by atoms with Crippen LogP contribution in [0.2, 0.25) is 5.02 Å². The van der Waals surface area contributed by atoms with Crippen molar-refractivity contribution in [3.05, 3.63) is 71.1 Å². The van der Waals surface area contributed by atoms with Gasteiger partial charge in [0.25, 0.3) is 0 Å². The van der Waals surface area contributed by atoms with Crippen LogP contribution in [0, 0.1) is 6.92 Å². The van der Waals surface area contributed by atoms with Gasteiger partial charge in [0.2, 0.25) is 0 Å². The van der Waals surface area contributed by atoms with Gasteiger partial charge < -0.3 is 0 Å². The molecule has 0 unspecified atom stereocenters. The second-order valence-electron chi connectivity index (χ2n) is 6.74. The lowest BCUT2D eigenvalue weighted by Gasteiger charge is -2.06. The minimum absolute atomic E-state index is 0.697. The molecule has 0 atom stereocenters. The fraction of sp³-hybridized carbons (Fsp3) is 0.143. The molecule has 0 fully saturated rings. The number of hydrogen-bond acceptors (Lipinski definition) is 4. The van der Waals surface area contributed by atoms with E-state index in [1.54, 1.807) is 17.2 Å². The Morgan fingerprint density at radius 1 is 1.00 bits per heavy atom. The molecule has 0 aliphatic carbocycles. The molecule has 0 spiro atoms. The van der Waals surface area contributed by atoms with E-state index in [2.05, 4.69) is 51.5 Å². The number of hydrogen-bond donors (Lipinski definition) is 0. The fourth-order valence-electron chi connectivity index (χ4n) is 3.31. The Morgan fingerprint density at radius 2 is 1.82 bits per heavy atom. The molecule has 2 aromatic carbocycles. The van der Waals surface area contributed by atoms with Crippen molar-refractivity contribution in [2.75, 3.05) is 0 Å². The summed E-state index contributed by atoms with van der Waals surface area (Å²) in [6.07, 6.45) is 4.52. The minimum atomic E-state index is 0.697. The SMILES string of the molecule is CCc1ccc(-c2nnc3c4cnn(-c5ccc(C)c(Cl)c5)c4ncn23)cc1. The van der Waals surface area contributed by atoms with Gasteiger partial charge in [-0.05, 0) is 36.6 Å². The van der Waals surface area contributed by atoms with Crippen LogP contribution in [0.5, 0.6) is 0 Å². The first-order valence-electron chi connectivity index (χ1n) is 9.09. The van der Waals surface area contributed by atoms with Crippen molar-refractivity contribution < 1.29 is 0 Å². The van der Waals surface area contributed by atoms with Crippen LogP contribution in [0.4, 0.5) is 0 Å². The van der Waals surface area contributed by atoms with Gasteiger partial charge in [-0.3, -0.25) is 4.40 Å². The van der Waals surface area contributed by atoms with Gasteiger partial charge in [0.05, 0.1) is 17.3 Å². The number of aromatic nitrogens is 6. The smallest absolute Gasteiger partial charge is 0.175 e. The molecule has 7 heteroatoms. The van der Waals surface area contributed by atoms with E-state index in [0.717, 1.165) is 40.1 Å². The van der Waals surface area contributed by atoms with Crippen molar-refractivity contribution in [2.24, 2.45) is 0 Å². The molecule has 5 aromatic rings. The van der Waals surface area contributed by atoms with E-state index in [1.165, 1.54) is 5.56 Å². The normalized spacial score (nSPS) is 11.5. The lowest BCUT2D eigenvalue weighted by Crippen LogP contribution is -1.99. The molecular weight excluding hydrogens is 372 g/mol. The topological polar surface area (TPSA) is 60.9 Å². The van der Waals surface area contributed by atoms with Gasteiger partial charge in [0.1, 0.15) is 6.33 Å². The first-order chi connectivity index (χ1) is 13.7. The number of halogens is 1. The van der Waals surface area contributed by atoms with Gasteiger partial charge in [0.15, 0.2) is 17.1 Å². The van der Waals surface area contributed by atoms with Gasteiger partial charge in [-0.15, -0.1) is 10.2 Å². The van der Waals surface area contributed by atoms with E-state index in [-0.39, 0.29) is 0 Å². The number of benzene rings is 2. The van der Waals surface area contributed by atoms with Crippen molar-refractivity contribution in [3.8, 4) is 17.1 Å². The average molecular weight is 389 g/mol. The summed E-state index contributed by atoms with van der Waals surface area (Å²) < 4.78 is 3.67. The average Bonchev–Trinajstić information content (AvgIpc) is 3.34. The number of fused-ring (bicyclic) bond motifs is 3. The molecule has 0 saturated heterocycles.